The number of carbonyl (C=O) groups is 2. The van der Waals surface area contributed by atoms with Gasteiger partial charge in [0.1, 0.15) is 0 Å². The third-order valence-corrected chi connectivity index (χ3v) is 5.34. The number of carbonyl (C=O) groups excluding carboxylic acids is 2. The Morgan fingerprint density at radius 1 is 1.03 bits per heavy atom. The van der Waals surface area contributed by atoms with Gasteiger partial charge in [0, 0.05) is 25.1 Å². The van der Waals surface area contributed by atoms with E-state index in [1.165, 1.54) is 0 Å². The van der Waals surface area contributed by atoms with E-state index in [0.717, 1.165) is 48.4 Å². The monoisotopic (exact) mass is 395 g/mol. The number of hydrogen-bond acceptors (Lipinski definition) is 4. The van der Waals surface area contributed by atoms with Crippen LogP contribution in [0.15, 0.2) is 42.5 Å². The molecule has 2 aromatic carbocycles. The molecule has 0 aliphatic carbocycles. The first-order valence-electron chi connectivity index (χ1n) is 9.94. The predicted molar refractivity (Wildman–Crippen MR) is 108 cm³/mol. The van der Waals surface area contributed by atoms with Crippen molar-refractivity contribution in [2.45, 2.75) is 31.8 Å². The Morgan fingerprint density at radius 3 is 2.55 bits per heavy atom. The number of nitrogens with two attached hydrogens (primary N) is 1. The largest absolute Gasteiger partial charge is 0.490 e. The fourth-order valence-corrected chi connectivity index (χ4v) is 3.86. The topological polar surface area (TPSA) is 93.9 Å². The molecular formula is C22H25N3O4. The van der Waals surface area contributed by atoms with Crippen LogP contribution >= 0.6 is 0 Å². The molecule has 2 heterocycles. The van der Waals surface area contributed by atoms with Crippen LogP contribution in [0.5, 0.6) is 11.5 Å². The van der Waals surface area contributed by atoms with Gasteiger partial charge in [-0.25, -0.2) is 4.79 Å². The van der Waals surface area contributed by atoms with Crippen molar-refractivity contribution in [2.24, 2.45) is 5.73 Å². The fourth-order valence-electron chi connectivity index (χ4n) is 3.86. The lowest BCUT2D eigenvalue weighted by Crippen LogP contribution is -2.30. The van der Waals surface area contributed by atoms with Gasteiger partial charge >= 0.3 is 6.03 Å². The number of hydrogen-bond donors (Lipinski definition) is 2. The molecule has 2 aliphatic rings. The molecule has 29 heavy (non-hydrogen) atoms. The van der Waals surface area contributed by atoms with Gasteiger partial charge in [0.15, 0.2) is 11.5 Å². The Morgan fingerprint density at radius 2 is 1.79 bits per heavy atom. The van der Waals surface area contributed by atoms with Crippen molar-refractivity contribution in [2.75, 3.05) is 19.8 Å². The summed E-state index contributed by atoms with van der Waals surface area (Å²) >= 11 is 0. The molecule has 0 spiro atoms. The van der Waals surface area contributed by atoms with Crippen LogP contribution in [0.25, 0.3) is 0 Å². The van der Waals surface area contributed by atoms with E-state index in [9.17, 15) is 9.59 Å². The van der Waals surface area contributed by atoms with E-state index in [0.29, 0.717) is 25.3 Å². The van der Waals surface area contributed by atoms with Crippen molar-refractivity contribution < 1.29 is 19.1 Å². The molecule has 1 fully saturated rings. The van der Waals surface area contributed by atoms with Crippen molar-refractivity contribution in [3.05, 3.63) is 59.2 Å². The molecule has 2 aromatic rings. The molecule has 1 atom stereocenters. The number of benzene rings is 2. The normalized spacial score (nSPS) is 18.2. The zero-order valence-electron chi connectivity index (χ0n) is 16.2. The first-order valence-corrected chi connectivity index (χ1v) is 9.94. The van der Waals surface area contributed by atoms with E-state index in [1.807, 2.05) is 35.2 Å². The van der Waals surface area contributed by atoms with Crippen LogP contribution < -0.4 is 20.5 Å². The highest BCUT2D eigenvalue weighted by Gasteiger charge is 2.31. The Kier molecular flexibility index (Phi) is 5.55. The number of ether oxygens (including phenoxy) is 2. The minimum absolute atomic E-state index is 0.00835. The summed E-state index contributed by atoms with van der Waals surface area (Å²) in [5, 5.41) is 2.54. The number of likely N-dealkylation sites (tertiary alicyclic amines) is 1. The maximum absolute atomic E-state index is 13.1. The Balaban J connectivity index is 1.50. The summed E-state index contributed by atoms with van der Waals surface area (Å²) in [5.74, 6) is 1.53. The molecular weight excluding hydrogens is 370 g/mol. The van der Waals surface area contributed by atoms with Crippen molar-refractivity contribution >= 4 is 11.9 Å². The highest BCUT2D eigenvalue weighted by molar-refractivity contribution is 5.94. The van der Waals surface area contributed by atoms with Gasteiger partial charge < -0.3 is 25.4 Å². The van der Waals surface area contributed by atoms with Crippen LogP contribution in [-0.4, -0.2) is 36.6 Å². The first kappa shape index (κ1) is 19.1. The summed E-state index contributed by atoms with van der Waals surface area (Å²) in [6, 6.07) is 12.7. The van der Waals surface area contributed by atoms with Crippen molar-refractivity contribution in [1.29, 1.82) is 0 Å². The minimum Gasteiger partial charge on any atom is -0.490 e. The van der Waals surface area contributed by atoms with Crippen LogP contribution in [0.2, 0.25) is 0 Å². The fraction of sp³-hybridized carbons (Fsp3) is 0.364. The quantitative estimate of drug-likeness (QED) is 0.832. The Labute approximate surface area is 169 Å². The molecule has 0 aromatic heterocycles. The second kappa shape index (κ2) is 8.43. The molecule has 0 bridgehead atoms. The summed E-state index contributed by atoms with van der Waals surface area (Å²) < 4.78 is 11.5. The molecule has 1 saturated heterocycles. The van der Waals surface area contributed by atoms with Gasteiger partial charge in [-0.15, -0.1) is 0 Å². The smallest absolute Gasteiger partial charge is 0.312 e. The molecule has 4 rings (SSSR count). The van der Waals surface area contributed by atoms with Crippen molar-refractivity contribution in [1.82, 2.24) is 10.2 Å². The SMILES string of the molecule is NC(=O)NCc1ccc(C(=O)N2CCC[C@@H]2c2ccc3c(c2)OCCCO3)cc1. The number of urea groups is 1. The average Bonchev–Trinajstić information content (AvgIpc) is 3.10. The van der Waals surface area contributed by atoms with Gasteiger partial charge in [0.25, 0.3) is 5.91 Å². The minimum atomic E-state index is -0.569. The highest BCUT2D eigenvalue weighted by atomic mass is 16.5. The second-order valence-corrected chi connectivity index (χ2v) is 7.33. The van der Waals surface area contributed by atoms with Crippen LogP contribution in [0.4, 0.5) is 4.79 Å². The first-order chi connectivity index (χ1) is 14.1. The van der Waals surface area contributed by atoms with Crippen LogP contribution in [0, 0.1) is 0 Å². The van der Waals surface area contributed by atoms with Gasteiger partial charge in [0.05, 0.1) is 19.3 Å². The van der Waals surface area contributed by atoms with E-state index in [1.54, 1.807) is 12.1 Å². The number of rotatable bonds is 4. The third-order valence-electron chi connectivity index (χ3n) is 5.34. The molecule has 3 N–H and O–H groups in total. The summed E-state index contributed by atoms with van der Waals surface area (Å²) in [6.45, 7) is 2.36. The summed E-state index contributed by atoms with van der Waals surface area (Å²) in [7, 11) is 0. The zero-order chi connectivity index (χ0) is 20.2. The van der Waals surface area contributed by atoms with E-state index in [-0.39, 0.29) is 11.9 Å². The lowest BCUT2D eigenvalue weighted by Gasteiger charge is -2.26. The summed E-state index contributed by atoms with van der Waals surface area (Å²) in [5.41, 5.74) is 7.69. The standard InChI is InChI=1S/C22H25N3O4/c23-22(27)24-14-15-4-6-16(7-5-15)21(26)25-10-1-3-18(25)17-8-9-19-20(13-17)29-12-2-11-28-19/h4-9,13,18H,1-3,10-12,14H2,(H3,23,24,27)/t18-/m1/s1. The van der Waals surface area contributed by atoms with Gasteiger partial charge in [0.2, 0.25) is 0 Å². The molecule has 7 heteroatoms. The van der Waals surface area contributed by atoms with E-state index >= 15 is 0 Å². The number of primary amides is 1. The van der Waals surface area contributed by atoms with Crippen LogP contribution in [-0.2, 0) is 6.54 Å². The molecule has 0 unspecified atom stereocenters. The molecule has 0 saturated carbocycles. The highest BCUT2D eigenvalue weighted by Crippen LogP contribution is 2.38. The van der Waals surface area contributed by atoms with Crippen LogP contribution in [0.3, 0.4) is 0 Å². The predicted octanol–water partition coefficient (Wildman–Crippen LogP) is 2.99. The molecule has 3 amide bonds. The summed E-state index contributed by atoms with van der Waals surface area (Å²) in [6.07, 6.45) is 2.75. The van der Waals surface area contributed by atoms with Gasteiger partial charge in [-0.2, -0.15) is 0 Å². The van der Waals surface area contributed by atoms with Gasteiger partial charge in [-0.1, -0.05) is 18.2 Å². The molecule has 152 valence electrons. The molecule has 7 nitrogen and oxygen atoms in total. The lowest BCUT2D eigenvalue weighted by atomic mass is 10.0. The van der Waals surface area contributed by atoms with E-state index in [2.05, 4.69) is 5.32 Å². The number of amides is 3. The number of nitrogens with zero attached hydrogens (tertiary/aromatic N) is 1. The van der Waals surface area contributed by atoms with Crippen molar-refractivity contribution in [3.63, 3.8) is 0 Å². The Bertz CT molecular complexity index is 897. The number of nitrogens with one attached hydrogen (secondary N) is 1. The summed E-state index contributed by atoms with van der Waals surface area (Å²) in [4.78, 5) is 25.9. The van der Waals surface area contributed by atoms with Crippen molar-refractivity contribution in [3.8, 4) is 11.5 Å². The Hall–Kier alpha value is -3.22. The molecule has 2 aliphatic heterocycles. The van der Waals surface area contributed by atoms with Crippen LogP contribution in [0.1, 0.15) is 46.8 Å². The maximum Gasteiger partial charge on any atom is 0.312 e. The second-order valence-electron chi connectivity index (χ2n) is 7.33. The van der Waals surface area contributed by atoms with Gasteiger partial charge in [-0.05, 0) is 48.2 Å². The number of fused-ring (bicyclic) bond motifs is 1. The third kappa shape index (κ3) is 4.29. The van der Waals surface area contributed by atoms with E-state index in [4.69, 9.17) is 15.2 Å². The lowest BCUT2D eigenvalue weighted by molar-refractivity contribution is 0.0735. The average molecular weight is 395 g/mol. The molecule has 0 radical (unpaired) electrons. The maximum atomic E-state index is 13.1. The van der Waals surface area contributed by atoms with Gasteiger partial charge in [-0.3, -0.25) is 4.79 Å². The zero-order valence-corrected chi connectivity index (χ0v) is 16.2. The van der Waals surface area contributed by atoms with E-state index < -0.39 is 6.03 Å².